The molecule has 0 spiro atoms. The van der Waals surface area contributed by atoms with Crippen LogP contribution in [0.2, 0.25) is 0 Å². The van der Waals surface area contributed by atoms with E-state index in [0.717, 1.165) is 31.8 Å². The van der Waals surface area contributed by atoms with Gasteiger partial charge in [-0.1, -0.05) is 76.6 Å². The molecule has 4 aromatic carbocycles. The van der Waals surface area contributed by atoms with Gasteiger partial charge in [-0.2, -0.15) is 0 Å². The van der Waals surface area contributed by atoms with Crippen LogP contribution in [0.5, 0.6) is 0 Å². The highest BCUT2D eigenvalue weighted by atomic mass is 79.9. The predicted octanol–water partition coefficient (Wildman–Crippen LogP) is 6.85. The second kappa shape index (κ2) is 9.61. The molecule has 0 N–H and O–H groups in total. The second-order valence-electron chi connectivity index (χ2n) is 8.75. The summed E-state index contributed by atoms with van der Waals surface area (Å²) in [4.78, 5) is 48.3. The number of amides is 2. The maximum Gasteiger partial charge on any atom is 0.266 e. The molecule has 0 saturated heterocycles. The number of hydrogen-bond acceptors (Lipinski definition) is 5. The zero-order valence-corrected chi connectivity index (χ0v) is 21.4. The molecule has 2 amide bonds. The number of rotatable bonds is 5. The number of benzene rings is 4. The first-order chi connectivity index (χ1) is 18.5. The molecule has 2 heterocycles. The normalized spacial score (nSPS) is 12.5. The number of halogens is 1. The molecule has 6 rings (SSSR count). The van der Waals surface area contributed by atoms with Crippen LogP contribution in [0.1, 0.15) is 31.1 Å². The summed E-state index contributed by atoms with van der Waals surface area (Å²) in [5.41, 5.74) is 5.18. The SMILES string of the molecule is O=Cc1ccc2c(c1)C(=O)N(c1cccc(-c3cc(-c4ccc(Br)cc4)nc(-c4ccccc4)n3)c1)C2=O. The van der Waals surface area contributed by atoms with Crippen LogP contribution < -0.4 is 4.90 Å². The van der Waals surface area contributed by atoms with E-state index in [4.69, 9.17) is 9.97 Å². The van der Waals surface area contributed by atoms with Gasteiger partial charge in [-0.05, 0) is 42.5 Å². The molecule has 6 nitrogen and oxygen atoms in total. The van der Waals surface area contributed by atoms with Crippen molar-refractivity contribution in [1.29, 1.82) is 0 Å². The minimum absolute atomic E-state index is 0.218. The van der Waals surface area contributed by atoms with Gasteiger partial charge in [-0.25, -0.2) is 14.9 Å². The summed E-state index contributed by atoms with van der Waals surface area (Å²) in [7, 11) is 0. The molecular weight excluding hydrogens is 542 g/mol. The van der Waals surface area contributed by atoms with Gasteiger partial charge >= 0.3 is 0 Å². The van der Waals surface area contributed by atoms with Crippen molar-refractivity contribution in [3.63, 3.8) is 0 Å². The van der Waals surface area contributed by atoms with Crippen molar-refractivity contribution in [2.45, 2.75) is 0 Å². The number of aldehydes is 1. The van der Waals surface area contributed by atoms with Crippen molar-refractivity contribution in [2.75, 3.05) is 4.90 Å². The highest BCUT2D eigenvalue weighted by Gasteiger charge is 2.37. The number of carbonyl (C=O) groups excluding carboxylic acids is 3. The highest BCUT2D eigenvalue weighted by Crippen LogP contribution is 2.33. The molecule has 0 atom stereocenters. The Hall–Kier alpha value is -4.75. The van der Waals surface area contributed by atoms with Crippen molar-refractivity contribution >= 4 is 39.7 Å². The maximum absolute atomic E-state index is 13.2. The number of fused-ring (bicyclic) bond motifs is 1. The molecule has 0 radical (unpaired) electrons. The van der Waals surface area contributed by atoms with Gasteiger partial charge in [0.15, 0.2) is 5.82 Å². The predicted molar refractivity (Wildman–Crippen MR) is 149 cm³/mol. The van der Waals surface area contributed by atoms with Crippen LogP contribution in [0.15, 0.2) is 108 Å². The van der Waals surface area contributed by atoms with Gasteiger partial charge in [0.2, 0.25) is 0 Å². The number of aromatic nitrogens is 2. The average Bonchev–Trinajstić information content (AvgIpc) is 3.22. The van der Waals surface area contributed by atoms with E-state index < -0.39 is 11.8 Å². The zero-order chi connectivity index (χ0) is 26.2. The Bertz CT molecular complexity index is 1730. The van der Waals surface area contributed by atoms with E-state index in [1.54, 1.807) is 18.2 Å². The minimum Gasteiger partial charge on any atom is -0.298 e. The van der Waals surface area contributed by atoms with Gasteiger partial charge in [0.25, 0.3) is 11.8 Å². The Kier molecular flexibility index (Phi) is 5.98. The van der Waals surface area contributed by atoms with Crippen molar-refractivity contribution in [3.05, 3.63) is 124 Å². The molecule has 0 fully saturated rings. The lowest BCUT2D eigenvalue weighted by molar-refractivity contribution is 0.0926. The van der Waals surface area contributed by atoms with Gasteiger partial charge < -0.3 is 0 Å². The van der Waals surface area contributed by atoms with Crippen LogP contribution in [-0.4, -0.2) is 28.1 Å². The molecule has 5 aromatic rings. The maximum atomic E-state index is 13.2. The van der Waals surface area contributed by atoms with E-state index in [9.17, 15) is 14.4 Å². The minimum atomic E-state index is -0.464. The van der Waals surface area contributed by atoms with Gasteiger partial charge in [-0.15, -0.1) is 0 Å². The molecule has 182 valence electrons. The molecule has 0 bridgehead atoms. The lowest BCUT2D eigenvalue weighted by Crippen LogP contribution is -2.29. The van der Waals surface area contributed by atoms with Crippen molar-refractivity contribution in [2.24, 2.45) is 0 Å². The molecule has 0 aliphatic carbocycles. The van der Waals surface area contributed by atoms with E-state index in [0.29, 0.717) is 29.1 Å². The van der Waals surface area contributed by atoms with Crippen LogP contribution in [0.3, 0.4) is 0 Å². The topological polar surface area (TPSA) is 80.2 Å². The Labute approximate surface area is 226 Å². The largest absolute Gasteiger partial charge is 0.298 e. The van der Waals surface area contributed by atoms with Crippen LogP contribution in [0.25, 0.3) is 33.9 Å². The van der Waals surface area contributed by atoms with Crippen molar-refractivity contribution in [3.8, 4) is 33.9 Å². The summed E-state index contributed by atoms with van der Waals surface area (Å²) in [5, 5.41) is 0. The fraction of sp³-hybridized carbons (Fsp3) is 0. The van der Waals surface area contributed by atoms with E-state index in [2.05, 4.69) is 15.9 Å². The third kappa shape index (κ3) is 4.23. The van der Waals surface area contributed by atoms with Crippen LogP contribution in [0, 0.1) is 0 Å². The Morgan fingerprint density at radius 3 is 2.05 bits per heavy atom. The smallest absolute Gasteiger partial charge is 0.266 e. The van der Waals surface area contributed by atoms with Gasteiger partial charge in [0.1, 0.15) is 6.29 Å². The number of anilines is 1. The number of hydrogen-bond donors (Lipinski definition) is 0. The Morgan fingerprint density at radius 2 is 1.32 bits per heavy atom. The second-order valence-corrected chi connectivity index (χ2v) is 9.67. The Balaban J connectivity index is 1.45. The molecule has 0 unspecified atom stereocenters. The molecule has 1 aromatic heterocycles. The summed E-state index contributed by atoms with van der Waals surface area (Å²) < 4.78 is 0.965. The van der Waals surface area contributed by atoms with Crippen molar-refractivity contribution in [1.82, 2.24) is 9.97 Å². The molecular formula is C31H18BrN3O3. The van der Waals surface area contributed by atoms with Gasteiger partial charge in [0, 0.05) is 26.7 Å². The quantitative estimate of drug-likeness (QED) is 0.174. The van der Waals surface area contributed by atoms with Crippen molar-refractivity contribution < 1.29 is 14.4 Å². The molecule has 1 aliphatic heterocycles. The summed E-state index contributed by atoms with van der Waals surface area (Å²) in [6.45, 7) is 0. The first-order valence-electron chi connectivity index (χ1n) is 11.8. The first kappa shape index (κ1) is 23.6. The fourth-order valence-electron chi connectivity index (χ4n) is 4.45. The number of nitrogens with zero attached hydrogens (tertiary/aromatic N) is 3. The van der Waals surface area contributed by atoms with Gasteiger partial charge in [-0.3, -0.25) is 14.4 Å². The third-order valence-electron chi connectivity index (χ3n) is 6.34. The molecule has 0 saturated carbocycles. The highest BCUT2D eigenvalue weighted by molar-refractivity contribution is 9.10. The fourth-order valence-corrected chi connectivity index (χ4v) is 4.71. The zero-order valence-electron chi connectivity index (χ0n) is 19.8. The standard InChI is InChI=1S/C31H18BrN3O3/c32-23-12-10-20(11-13-23)27-17-28(34-29(33-27)21-5-2-1-3-6-21)22-7-4-8-24(16-22)35-30(37)25-14-9-19(18-36)15-26(25)31(35)38/h1-18H. The van der Waals surface area contributed by atoms with Gasteiger partial charge in [0.05, 0.1) is 28.2 Å². The monoisotopic (exact) mass is 559 g/mol. The molecule has 7 heteroatoms. The lowest BCUT2D eigenvalue weighted by Gasteiger charge is -2.15. The first-order valence-corrected chi connectivity index (χ1v) is 12.6. The van der Waals surface area contributed by atoms with Crippen LogP contribution in [0.4, 0.5) is 5.69 Å². The summed E-state index contributed by atoms with van der Waals surface area (Å²) in [6, 6.07) is 31.1. The van der Waals surface area contributed by atoms with E-state index >= 15 is 0 Å². The van der Waals surface area contributed by atoms with Crippen LogP contribution in [-0.2, 0) is 0 Å². The summed E-state index contributed by atoms with van der Waals surface area (Å²) in [5.74, 6) is -0.328. The lowest BCUT2D eigenvalue weighted by atomic mass is 10.1. The molecule has 38 heavy (non-hydrogen) atoms. The Morgan fingerprint density at radius 1 is 0.632 bits per heavy atom. The van der Waals surface area contributed by atoms with E-state index in [1.807, 2.05) is 66.7 Å². The number of carbonyl (C=O) groups is 3. The summed E-state index contributed by atoms with van der Waals surface area (Å²) >= 11 is 3.48. The average molecular weight is 560 g/mol. The molecule has 1 aliphatic rings. The van der Waals surface area contributed by atoms with E-state index in [-0.39, 0.29) is 11.1 Å². The number of imide groups is 1. The summed E-state index contributed by atoms with van der Waals surface area (Å²) in [6.07, 6.45) is 0.657. The third-order valence-corrected chi connectivity index (χ3v) is 6.87. The van der Waals surface area contributed by atoms with E-state index in [1.165, 1.54) is 18.2 Å². The van der Waals surface area contributed by atoms with Crippen LogP contribution >= 0.6 is 15.9 Å².